The topological polar surface area (TPSA) is 135 Å². The number of amides is 1. The summed E-state index contributed by atoms with van der Waals surface area (Å²) in [4.78, 5) is 11.6. The Kier molecular flexibility index (Phi) is 9.79. The smallest absolute Gasteiger partial charge is 0.430 e. The third kappa shape index (κ3) is 8.39. The van der Waals surface area contributed by atoms with Crippen LogP contribution in [0.2, 0.25) is 0 Å². The number of para-hydroxylation sites is 1. The Morgan fingerprint density at radius 1 is 1.25 bits per heavy atom. The molecular weight excluding hydrogens is 412 g/mol. The van der Waals surface area contributed by atoms with E-state index in [1.54, 1.807) is 19.1 Å². The highest BCUT2D eigenvalue weighted by Gasteiger charge is 2.19. The number of anilines is 1. The third-order valence-corrected chi connectivity index (χ3v) is 4.63. The molecule has 1 aromatic carbocycles. The molecule has 1 unspecified atom stereocenters. The van der Waals surface area contributed by atoms with Crippen molar-refractivity contribution in [2.75, 3.05) is 31.3 Å². The van der Waals surface area contributed by atoms with E-state index in [9.17, 15) is 9.90 Å². The second kappa shape index (κ2) is 12.3. The molecule has 1 aromatic heterocycles. The van der Waals surface area contributed by atoms with Crippen molar-refractivity contribution in [3.05, 3.63) is 47.7 Å². The molecule has 10 nitrogen and oxygen atoms in total. The predicted molar refractivity (Wildman–Crippen MR) is 122 cm³/mol. The highest BCUT2D eigenvalue weighted by atomic mass is 16.6. The Bertz CT molecular complexity index is 847. The molecule has 1 heterocycles. The fourth-order valence-electron chi connectivity index (χ4n) is 2.79. The number of benzene rings is 1. The molecular formula is C22H34N6O4. The fourth-order valence-corrected chi connectivity index (χ4v) is 2.79. The molecule has 0 bridgehead atoms. The first-order valence-corrected chi connectivity index (χ1v) is 10.6. The van der Waals surface area contributed by atoms with Gasteiger partial charge in [-0.05, 0) is 51.5 Å². The van der Waals surface area contributed by atoms with Crippen LogP contribution >= 0.6 is 0 Å². The number of carbonyl (C=O) groups excluding carboxylic acids is 1. The van der Waals surface area contributed by atoms with E-state index < -0.39 is 12.2 Å². The molecule has 0 spiro atoms. The monoisotopic (exact) mass is 446 g/mol. The van der Waals surface area contributed by atoms with Crippen LogP contribution in [0.15, 0.2) is 36.4 Å². The van der Waals surface area contributed by atoms with E-state index in [2.05, 4.69) is 20.8 Å². The van der Waals surface area contributed by atoms with Crippen LogP contribution in [-0.2, 0) is 11.3 Å². The van der Waals surface area contributed by atoms with Crippen molar-refractivity contribution in [3.8, 4) is 5.75 Å². The summed E-state index contributed by atoms with van der Waals surface area (Å²) in [5.41, 5.74) is 1.47. The van der Waals surface area contributed by atoms with Gasteiger partial charge in [-0.25, -0.2) is 10.6 Å². The minimum absolute atomic E-state index is 0.205. The standard InChI is InChI=1S/C22H34N6O4/c1-5-31-21(30)28(23)20-11-10-17(26-27-20)12-24-15-22(3,4)25-13-18(29)14-32-19-9-7-6-8-16(19)2/h6-11,18,24-25,29H,5,12-15,23H2,1-4H3. The number of hydrogen-bond acceptors (Lipinski definition) is 9. The number of nitrogens with zero attached hydrogens (tertiary/aromatic N) is 3. The lowest BCUT2D eigenvalue weighted by molar-refractivity contribution is 0.0984. The van der Waals surface area contributed by atoms with Crippen molar-refractivity contribution in [2.45, 2.75) is 45.9 Å². The van der Waals surface area contributed by atoms with Crippen LogP contribution in [-0.4, -0.2) is 59.3 Å². The number of carbonyl (C=O) groups is 1. The summed E-state index contributed by atoms with van der Waals surface area (Å²) in [7, 11) is 0. The van der Waals surface area contributed by atoms with E-state index in [1.807, 2.05) is 45.0 Å². The fraction of sp³-hybridized carbons (Fsp3) is 0.500. The number of rotatable bonds is 12. The molecule has 0 fully saturated rings. The minimum Gasteiger partial charge on any atom is -0.491 e. The molecule has 0 aliphatic rings. The summed E-state index contributed by atoms with van der Waals surface area (Å²) in [5, 5.41) is 25.7. The van der Waals surface area contributed by atoms with Gasteiger partial charge in [-0.3, -0.25) is 0 Å². The summed E-state index contributed by atoms with van der Waals surface area (Å²) >= 11 is 0. The molecule has 2 aromatic rings. The lowest BCUT2D eigenvalue weighted by atomic mass is 10.1. The summed E-state index contributed by atoms with van der Waals surface area (Å²) < 4.78 is 10.5. The van der Waals surface area contributed by atoms with Crippen molar-refractivity contribution >= 4 is 11.9 Å². The number of aryl methyl sites for hydroxylation is 1. The zero-order chi connectivity index (χ0) is 23.6. The molecule has 2 rings (SSSR count). The second-order valence-electron chi connectivity index (χ2n) is 8.05. The van der Waals surface area contributed by atoms with Crippen LogP contribution in [0.4, 0.5) is 10.6 Å². The molecule has 1 amide bonds. The van der Waals surface area contributed by atoms with Crippen LogP contribution in [0.25, 0.3) is 0 Å². The number of ether oxygens (including phenoxy) is 2. The molecule has 5 N–H and O–H groups in total. The van der Waals surface area contributed by atoms with Crippen LogP contribution < -0.4 is 26.2 Å². The van der Waals surface area contributed by atoms with Gasteiger partial charge in [0.25, 0.3) is 0 Å². The predicted octanol–water partition coefficient (Wildman–Crippen LogP) is 1.52. The Labute approximate surface area is 189 Å². The second-order valence-corrected chi connectivity index (χ2v) is 8.05. The van der Waals surface area contributed by atoms with Crippen LogP contribution in [0, 0.1) is 6.92 Å². The van der Waals surface area contributed by atoms with Crippen molar-refractivity contribution in [3.63, 3.8) is 0 Å². The maximum atomic E-state index is 11.6. The van der Waals surface area contributed by atoms with Gasteiger partial charge in [-0.2, -0.15) is 10.1 Å². The van der Waals surface area contributed by atoms with Gasteiger partial charge in [0.15, 0.2) is 5.82 Å². The number of aliphatic hydroxyl groups is 1. The first-order chi connectivity index (χ1) is 15.2. The number of aliphatic hydroxyl groups excluding tert-OH is 1. The zero-order valence-corrected chi connectivity index (χ0v) is 19.2. The molecule has 32 heavy (non-hydrogen) atoms. The number of β-amino-alcohol motifs (C(OH)–C–C–N with tert-alkyl or cyclic N) is 1. The normalized spacial score (nSPS) is 12.3. The number of nitrogens with one attached hydrogen (secondary N) is 2. The van der Waals surface area contributed by atoms with Crippen molar-refractivity contribution < 1.29 is 19.4 Å². The van der Waals surface area contributed by atoms with Gasteiger partial charge in [0, 0.05) is 25.2 Å². The van der Waals surface area contributed by atoms with Gasteiger partial charge in [0.2, 0.25) is 0 Å². The van der Waals surface area contributed by atoms with Crippen molar-refractivity contribution in [2.24, 2.45) is 5.84 Å². The maximum Gasteiger partial charge on any atom is 0.430 e. The minimum atomic E-state index is -0.688. The van der Waals surface area contributed by atoms with Gasteiger partial charge in [0.1, 0.15) is 18.5 Å². The van der Waals surface area contributed by atoms with E-state index in [4.69, 9.17) is 15.3 Å². The van der Waals surface area contributed by atoms with E-state index in [-0.39, 0.29) is 24.6 Å². The zero-order valence-electron chi connectivity index (χ0n) is 19.2. The molecule has 1 atom stereocenters. The van der Waals surface area contributed by atoms with Gasteiger partial charge in [0.05, 0.1) is 12.3 Å². The lowest BCUT2D eigenvalue weighted by Gasteiger charge is -2.28. The molecule has 176 valence electrons. The molecule has 0 radical (unpaired) electrons. The molecule has 0 aliphatic heterocycles. The molecule has 0 aliphatic carbocycles. The average molecular weight is 447 g/mol. The summed E-state index contributed by atoms with van der Waals surface area (Å²) in [6.07, 6.45) is -1.32. The molecule has 0 saturated carbocycles. The first kappa shape index (κ1) is 25.5. The van der Waals surface area contributed by atoms with Crippen LogP contribution in [0.3, 0.4) is 0 Å². The summed E-state index contributed by atoms with van der Waals surface area (Å²) in [5.74, 6) is 6.64. The van der Waals surface area contributed by atoms with E-state index in [1.165, 1.54) is 0 Å². The number of hydrazine groups is 1. The largest absolute Gasteiger partial charge is 0.491 e. The molecule has 10 heteroatoms. The van der Waals surface area contributed by atoms with Gasteiger partial charge in [-0.15, -0.1) is 5.10 Å². The first-order valence-electron chi connectivity index (χ1n) is 10.6. The van der Waals surface area contributed by atoms with Crippen LogP contribution in [0.5, 0.6) is 5.75 Å². The number of hydrogen-bond donors (Lipinski definition) is 4. The highest BCUT2D eigenvalue weighted by molar-refractivity contribution is 5.84. The maximum absolute atomic E-state index is 11.6. The number of aromatic nitrogens is 2. The van der Waals surface area contributed by atoms with E-state index >= 15 is 0 Å². The van der Waals surface area contributed by atoms with E-state index in [0.717, 1.165) is 16.3 Å². The molecule has 0 saturated heterocycles. The Morgan fingerprint density at radius 3 is 2.66 bits per heavy atom. The van der Waals surface area contributed by atoms with Gasteiger partial charge in [-0.1, -0.05) is 18.2 Å². The SMILES string of the molecule is CCOC(=O)N(N)c1ccc(CNCC(C)(C)NCC(O)COc2ccccc2C)nn1. The van der Waals surface area contributed by atoms with Crippen molar-refractivity contribution in [1.29, 1.82) is 0 Å². The summed E-state index contributed by atoms with van der Waals surface area (Å²) in [6.45, 7) is 9.70. The lowest BCUT2D eigenvalue weighted by Crippen LogP contribution is -2.50. The Morgan fingerprint density at radius 2 is 2.00 bits per heavy atom. The van der Waals surface area contributed by atoms with Gasteiger partial charge >= 0.3 is 6.09 Å². The Hall–Kier alpha value is -2.79. The average Bonchev–Trinajstić information content (AvgIpc) is 2.77. The summed E-state index contributed by atoms with van der Waals surface area (Å²) in [6, 6.07) is 11.1. The van der Waals surface area contributed by atoms with E-state index in [0.29, 0.717) is 25.3 Å². The Balaban J connectivity index is 1.71. The quantitative estimate of drug-likeness (QED) is 0.217. The number of nitrogens with two attached hydrogens (primary N) is 1. The third-order valence-electron chi connectivity index (χ3n) is 4.63. The van der Waals surface area contributed by atoms with Crippen molar-refractivity contribution in [1.82, 2.24) is 20.8 Å². The van der Waals surface area contributed by atoms with Gasteiger partial charge < -0.3 is 25.2 Å². The highest BCUT2D eigenvalue weighted by Crippen LogP contribution is 2.16. The van der Waals surface area contributed by atoms with Crippen LogP contribution in [0.1, 0.15) is 32.0 Å².